The molecule has 0 atom stereocenters. The Morgan fingerprint density at radius 3 is 2.35 bits per heavy atom. The Morgan fingerprint density at radius 2 is 1.95 bits per heavy atom. The molecule has 0 amide bonds. The summed E-state index contributed by atoms with van der Waals surface area (Å²) >= 11 is 0. The highest BCUT2D eigenvalue weighted by Crippen LogP contribution is 2.07. The number of hydrogen-bond donors (Lipinski definition) is 1. The van der Waals surface area contributed by atoms with Crippen LogP contribution in [0.15, 0.2) is 24.8 Å². The number of nitrogens with one attached hydrogen (secondary N) is 1. The maximum Gasteiger partial charge on any atom is 0.139 e. The van der Waals surface area contributed by atoms with Gasteiger partial charge in [0.05, 0.1) is 12.4 Å². The van der Waals surface area contributed by atoms with E-state index < -0.39 is 8.07 Å². The van der Waals surface area contributed by atoms with Crippen LogP contribution in [0.25, 0.3) is 0 Å². The maximum absolute atomic E-state index is 5.54. The first-order valence-electron chi connectivity index (χ1n) is 6.89. The van der Waals surface area contributed by atoms with Crippen molar-refractivity contribution >= 4 is 8.07 Å². The molecule has 0 unspecified atom stereocenters. The van der Waals surface area contributed by atoms with Gasteiger partial charge in [-0.05, 0) is 31.0 Å². The Balaban J connectivity index is 0.000000276. The second kappa shape index (κ2) is 8.01. The molecule has 0 spiro atoms. The lowest BCUT2D eigenvalue weighted by Gasteiger charge is -2.15. The minimum Gasteiger partial charge on any atom is -0.360 e. The minimum atomic E-state index is -0.945. The average Bonchev–Trinajstić information content (AvgIpc) is 2.96. The molecule has 0 bridgehead atoms. The molecule has 2 aromatic heterocycles. The fourth-order valence-electron chi connectivity index (χ4n) is 1.39. The van der Waals surface area contributed by atoms with E-state index in [0.717, 1.165) is 6.61 Å². The smallest absolute Gasteiger partial charge is 0.139 e. The molecule has 0 saturated carbocycles. The second-order valence-electron chi connectivity index (χ2n) is 6.18. The highest BCUT2D eigenvalue weighted by atomic mass is 28.3. The summed E-state index contributed by atoms with van der Waals surface area (Å²) < 4.78 is 7.38. The van der Waals surface area contributed by atoms with E-state index in [1.807, 2.05) is 37.1 Å². The Kier molecular flexibility index (Phi) is 6.67. The quantitative estimate of drug-likeness (QED) is 0.680. The van der Waals surface area contributed by atoms with Gasteiger partial charge < -0.3 is 4.74 Å². The first kappa shape index (κ1) is 16.7. The predicted molar refractivity (Wildman–Crippen MR) is 84.4 cm³/mol. The van der Waals surface area contributed by atoms with Crippen molar-refractivity contribution in [1.82, 2.24) is 20.0 Å². The summed E-state index contributed by atoms with van der Waals surface area (Å²) in [6.07, 6.45) is 7.47. The van der Waals surface area contributed by atoms with Crippen molar-refractivity contribution in [3.63, 3.8) is 0 Å². The van der Waals surface area contributed by atoms with Crippen molar-refractivity contribution in [3.8, 4) is 0 Å². The average molecular weight is 294 g/mol. The maximum atomic E-state index is 5.54. The number of nitrogens with zero attached hydrogens (tertiary/aromatic N) is 3. The third-order valence-corrected chi connectivity index (χ3v) is 4.32. The fourth-order valence-corrected chi connectivity index (χ4v) is 2.15. The van der Waals surface area contributed by atoms with Gasteiger partial charge in [-0.25, -0.2) is 4.68 Å². The van der Waals surface area contributed by atoms with Crippen molar-refractivity contribution in [2.24, 2.45) is 0 Å². The molecule has 0 fully saturated rings. The van der Waals surface area contributed by atoms with E-state index in [-0.39, 0.29) is 0 Å². The van der Waals surface area contributed by atoms with Crippen molar-refractivity contribution in [2.75, 3.05) is 6.61 Å². The van der Waals surface area contributed by atoms with Gasteiger partial charge in [-0.1, -0.05) is 19.6 Å². The van der Waals surface area contributed by atoms with Crippen LogP contribution >= 0.6 is 0 Å². The highest BCUT2D eigenvalue weighted by molar-refractivity contribution is 6.76. The zero-order valence-corrected chi connectivity index (χ0v) is 14.2. The van der Waals surface area contributed by atoms with Crippen LogP contribution in [0.4, 0.5) is 0 Å². The van der Waals surface area contributed by atoms with Crippen LogP contribution in [0.2, 0.25) is 25.7 Å². The summed E-state index contributed by atoms with van der Waals surface area (Å²) in [6, 6.07) is 1.22. The first-order chi connectivity index (χ1) is 9.37. The van der Waals surface area contributed by atoms with E-state index in [2.05, 4.69) is 34.9 Å². The van der Waals surface area contributed by atoms with E-state index in [1.54, 1.807) is 6.20 Å². The van der Waals surface area contributed by atoms with Gasteiger partial charge in [0.1, 0.15) is 6.73 Å². The van der Waals surface area contributed by atoms with Crippen LogP contribution in [-0.4, -0.2) is 34.7 Å². The Morgan fingerprint density at radius 1 is 1.20 bits per heavy atom. The van der Waals surface area contributed by atoms with Gasteiger partial charge in [0.2, 0.25) is 0 Å². The van der Waals surface area contributed by atoms with Crippen LogP contribution in [0.5, 0.6) is 0 Å². The number of rotatable bonds is 5. The minimum absolute atomic E-state index is 0.582. The number of aromatic nitrogens is 4. The fraction of sp³-hybridized carbons (Fsp3) is 0.571. The molecule has 0 aromatic carbocycles. The van der Waals surface area contributed by atoms with Crippen LogP contribution in [0, 0.1) is 13.8 Å². The van der Waals surface area contributed by atoms with Crippen LogP contribution in [0.3, 0.4) is 0 Å². The van der Waals surface area contributed by atoms with Crippen molar-refractivity contribution in [3.05, 3.63) is 35.9 Å². The topological polar surface area (TPSA) is 55.7 Å². The van der Waals surface area contributed by atoms with Gasteiger partial charge in [0.25, 0.3) is 0 Å². The molecular formula is C14H26N4OSi. The summed E-state index contributed by atoms with van der Waals surface area (Å²) in [5.41, 5.74) is 2.36. The molecular weight excluding hydrogens is 268 g/mol. The van der Waals surface area contributed by atoms with Gasteiger partial charge >= 0.3 is 0 Å². The highest BCUT2D eigenvalue weighted by Gasteiger charge is 2.11. The molecule has 0 saturated heterocycles. The van der Waals surface area contributed by atoms with Gasteiger partial charge in [0, 0.05) is 27.1 Å². The summed E-state index contributed by atoms with van der Waals surface area (Å²) in [5, 5.41) is 10.5. The van der Waals surface area contributed by atoms with E-state index in [1.165, 1.54) is 17.2 Å². The number of aromatic amines is 1. The summed E-state index contributed by atoms with van der Waals surface area (Å²) in [4.78, 5) is 0. The lowest BCUT2D eigenvalue weighted by atomic mass is 10.4. The van der Waals surface area contributed by atoms with Crippen molar-refractivity contribution in [2.45, 2.75) is 46.3 Å². The Bertz CT molecular complexity index is 474. The SMILES string of the molecule is Cc1cn[nH]c1.Cc1cnn(COCC[Si](C)(C)C)c1. The molecule has 20 heavy (non-hydrogen) atoms. The third kappa shape index (κ3) is 7.91. The first-order valence-corrected chi connectivity index (χ1v) is 10.6. The second-order valence-corrected chi connectivity index (χ2v) is 11.8. The van der Waals surface area contributed by atoms with Gasteiger partial charge in [-0.2, -0.15) is 10.2 Å². The molecule has 6 heteroatoms. The number of aryl methyl sites for hydroxylation is 2. The van der Waals surface area contributed by atoms with Crippen molar-refractivity contribution in [1.29, 1.82) is 0 Å². The molecule has 2 rings (SSSR count). The standard InChI is InChI=1S/C10H20N2OSi.C4H6N2/c1-10-7-11-12(8-10)9-13-5-6-14(2,3)4;1-4-2-5-6-3-4/h7-8H,5-6,9H2,1-4H3;2-3H,1H3,(H,5,6). The summed E-state index contributed by atoms with van der Waals surface area (Å²) in [6.45, 7) is 12.5. The van der Waals surface area contributed by atoms with E-state index in [9.17, 15) is 0 Å². The van der Waals surface area contributed by atoms with Crippen molar-refractivity contribution < 1.29 is 4.74 Å². The normalized spacial score (nSPS) is 11.1. The largest absolute Gasteiger partial charge is 0.360 e. The zero-order valence-electron chi connectivity index (χ0n) is 13.2. The third-order valence-electron chi connectivity index (χ3n) is 2.62. The lowest BCUT2D eigenvalue weighted by Crippen LogP contribution is -2.22. The Hall–Kier alpha value is -1.40. The monoisotopic (exact) mass is 294 g/mol. The molecule has 0 radical (unpaired) electrons. The van der Waals surface area contributed by atoms with Crippen LogP contribution in [0.1, 0.15) is 11.1 Å². The molecule has 0 aliphatic rings. The van der Waals surface area contributed by atoms with Gasteiger partial charge in [-0.15, -0.1) is 0 Å². The summed E-state index contributed by atoms with van der Waals surface area (Å²) in [5.74, 6) is 0. The molecule has 0 aliphatic heterocycles. The van der Waals surface area contributed by atoms with Gasteiger partial charge in [0.15, 0.2) is 0 Å². The van der Waals surface area contributed by atoms with E-state index in [0.29, 0.717) is 6.73 Å². The van der Waals surface area contributed by atoms with Crippen LogP contribution in [-0.2, 0) is 11.5 Å². The number of hydrogen-bond acceptors (Lipinski definition) is 3. The molecule has 112 valence electrons. The molecule has 0 aliphatic carbocycles. The number of ether oxygens (including phenoxy) is 1. The van der Waals surface area contributed by atoms with Gasteiger partial charge in [-0.3, -0.25) is 5.10 Å². The molecule has 2 heterocycles. The van der Waals surface area contributed by atoms with E-state index in [4.69, 9.17) is 4.74 Å². The lowest BCUT2D eigenvalue weighted by molar-refractivity contribution is 0.0785. The molecule has 5 nitrogen and oxygen atoms in total. The van der Waals surface area contributed by atoms with E-state index >= 15 is 0 Å². The molecule has 2 aromatic rings. The molecule has 1 N–H and O–H groups in total. The predicted octanol–water partition coefficient (Wildman–Crippen LogP) is 3.22. The summed E-state index contributed by atoms with van der Waals surface area (Å²) in [7, 11) is -0.945. The number of H-pyrrole nitrogens is 1. The zero-order chi connectivity index (χ0) is 15.0. The Labute approximate surface area is 122 Å². The van der Waals surface area contributed by atoms with Crippen LogP contribution < -0.4 is 0 Å².